The van der Waals surface area contributed by atoms with Crippen LogP contribution in [-0.2, 0) is 11.3 Å². The lowest BCUT2D eigenvalue weighted by Crippen LogP contribution is -2.40. The van der Waals surface area contributed by atoms with Gasteiger partial charge in [-0.2, -0.15) is 0 Å². The molecule has 162 valence electrons. The lowest BCUT2D eigenvalue weighted by Gasteiger charge is -2.16. The Bertz CT molecular complexity index is 897. The van der Waals surface area contributed by atoms with Crippen molar-refractivity contribution in [2.45, 2.75) is 63.7 Å². The number of hydrogen-bond acceptors (Lipinski definition) is 5. The lowest BCUT2D eigenvalue weighted by atomic mass is 10.1. The van der Waals surface area contributed by atoms with E-state index in [0.717, 1.165) is 35.9 Å². The summed E-state index contributed by atoms with van der Waals surface area (Å²) >= 11 is 7.54. The highest BCUT2D eigenvalue weighted by Crippen LogP contribution is 2.26. The van der Waals surface area contributed by atoms with E-state index in [9.17, 15) is 9.59 Å². The van der Waals surface area contributed by atoms with Crippen molar-refractivity contribution in [3.8, 4) is 11.4 Å². The number of halogens is 1. The number of nitrogens with zero attached hydrogens (tertiary/aromatic N) is 4. The van der Waals surface area contributed by atoms with Crippen LogP contribution >= 0.6 is 23.4 Å². The number of amides is 3. The monoisotopic (exact) mass is 449 g/mol. The molecule has 3 rings (SSSR count). The minimum absolute atomic E-state index is 0.198. The zero-order chi connectivity index (χ0) is 21.7. The van der Waals surface area contributed by atoms with Gasteiger partial charge < -0.3 is 9.88 Å². The first-order valence-electron chi connectivity index (χ1n) is 10.3. The van der Waals surface area contributed by atoms with Gasteiger partial charge in [0.2, 0.25) is 0 Å². The van der Waals surface area contributed by atoms with E-state index in [1.807, 2.05) is 24.3 Å². The highest BCUT2D eigenvalue weighted by molar-refractivity contribution is 7.99. The Morgan fingerprint density at radius 1 is 1.07 bits per heavy atom. The molecule has 2 aromatic rings. The number of unbranched alkanes of at least 4 members (excludes halogenated alkanes) is 3. The molecular weight excluding hydrogens is 422 g/mol. The van der Waals surface area contributed by atoms with E-state index in [0.29, 0.717) is 17.3 Å². The second-order valence-electron chi connectivity index (χ2n) is 7.89. The normalized spacial score (nSPS) is 15.7. The summed E-state index contributed by atoms with van der Waals surface area (Å²) in [6.45, 7) is 6.77. The van der Waals surface area contributed by atoms with Crippen molar-refractivity contribution < 1.29 is 9.59 Å². The number of benzene rings is 1. The summed E-state index contributed by atoms with van der Waals surface area (Å²) in [4.78, 5) is 25.7. The summed E-state index contributed by atoms with van der Waals surface area (Å²) in [7, 11) is 0. The second-order valence-corrected chi connectivity index (χ2v) is 9.38. The fourth-order valence-corrected chi connectivity index (χ4v) is 4.37. The van der Waals surface area contributed by atoms with Crippen LogP contribution in [0.1, 0.15) is 46.5 Å². The molecule has 0 unspecified atom stereocenters. The number of hydrogen-bond donors (Lipinski definition) is 1. The van der Waals surface area contributed by atoms with Crippen molar-refractivity contribution in [2.24, 2.45) is 0 Å². The smallest absolute Gasteiger partial charge is 0.324 e. The van der Waals surface area contributed by atoms with E-state index < -0.39 is 5.54 Å². The van der Waals surface area contributed by atoms with Crippen LogP contribution in [-0.4, -0.2) is 49.4 Å². The third-order valence-electron chi connectivity index (χ3n) is 5.04. The minimum Gasteiger partial charge on any atom is -0.324 e. The molecule has 1 fully saturated rings. The molecule has 0 aliphatic carbocycles. The molecular formula is C21H28ClN5O2S. The summed E-state index contributed by atoms with van der Waals surface area (Å²) in [6, 6.07) is 7.24. The Balaban J connectivity index is 1.71. The largest absolute Gasteiger partial charge is 0.325 e. The average molecular weight is 450 g/mol. The average Bonchev–Trinajstić information content (AvgIpc) is 3.18. The van der Waals surface area contributed by atoms with Gasteiger partial charge in [-0.3, -0.25) is 9.69 Å². The zero-order valence-corrected chi connectivity index (χ0v) is 19.2. The Hall–Kier alpha value is -2.06. The van der Waals surface area contributed by atoms with Gasteiger partial charge in [0.15, 0.2) is 11.0 Å². The molecule has 1 aromatic heterocycles. The molecule has 0 atom stereocenters. The maximum atomic E-state index is 12.4. The van der Waals surface area contributed by atoms with Crippen molar-refractivity contribution in [3.05, 3.63) is 29.3 Å². The molecule has 1 aliphatic rings. The van der Waals surface area contributed by atoms with Gasteiger partial charge in [0, 0.05) is 29.4 Å². The molecule has 3 amide bonds. The third kappa shape index (κ3) is 5.16. The molecule has 9 heteroatoms. The maximum Gasteiger partial charge on any atom is 0.325 e. The van der Waals surface area contributed by atoms with Crippen molar-refractivity contribution in [1.82, 2.24) is 25.0 Å². The summed E-state index contributed by atoms with van der Waals surface area (Å²) in [6.07, 6.45) is 4.57. The van der Waals surface area contributed by atoms with Crippen molar-refractivity contribution >= 4 is 35.3 Å². The highest BCUT2D eigenvalue weighted by Gasteiger charge is 2.43. The predicted octanol–water partition coefficient (Wildman–Crippen LogP) is 4.60. The van der Waals surface area contributed by atoms with Gasteiger partial charge in [-0.25, -0.2) is 4.79 Å². The van der Waals surface area contributed by atoms with E-state index >= 15 is 0 Å². The number of carbonyl (C=O) groups excluding carboxylic acids is 2. The summed E-state index contributed by atoms with van der Waals surface area (Å²) < 4.78 is 2.12. The molecule has 1 aliphatic heterocycles. The van der Waals surface area contributed by atoms with Gasteiger partial charge in [-0.15, -0.1) is 10.2 Å². The van der Waals surface area contributed by atoms with Crippen LogP contribution in [0.4, 0.5) is 4.79 Å². The van der Waals surface area contributed by atoms with Gasteiger partial charge in [-0.1, -0.05) is 49.5 Å². The SMILES string of the molecule is CCCCCCn1c(SCCN2C(=O)NC(C)(C)C2=O)nnc1-c1ccc(Cl)cc1. The first kappa shape index (κ1) is 22.6. The first-order valence-corrected chi connectivity index (χ1v) is 11.7. The molecule has 0 saturated carbocycles. The first-order chi connectivity index (χ1) is 14.3. The molecule has 0 bridgehead atoms. The van der Waals surface area contributed by atoms with Gasteiger partial charge in [0.1, 0.15) is 5.54 Å². The molecule has 1 saturated heterocycles. The van der Waals surface area contributed by atoms with Gasteiger partial charge in [-0.05, 0) is 44.5 Å². The van der Waals surface area contributed by atoms with Crippen LogP contribution in [0.5, 0.6) is 0 Å². The molecule has 1 N–H and O–H groups in total. The molecule has 0 spiro atoms. The number of aromatic nitrogens is 3. The van der Waals surface area contributed by atoms with Crippen molar-refractivity contribution in [1.29, 1.82) is 0 Å². The van der Waals surface area contributed by atoms with Crippen LogP contribution in [0, 0.1) is 0 Å². The lowest BCUT2D eigenvalue weighted by molar-refractivity contribution is -0.130. The molecule has 1 aromatic carbocycles. The summed E-state index contributed by atoms with van der Waals surface area (Å²) in [5.41, 5.74) is 0.119. The van der Waals surface area contributed by atoms with Crippen molar-refractivity contribution in [2.75, 3.05) is 12.3 Å². The highest BCUT2D eigenvalue weighted by atomic mass is 35.5. The van der Waals surface area contributed by atoms with Crippen LogP contribution in [0.3, 0.4) is 0 Å². The van der Waals surface area contributed by atoms with E-state index in [2.05, 4.69) is 27.0 Å². The summed E-state index contributed by atoms with van der Waals surface area (Å²) in [5.74, 6) is 1.17. The fraction of sp³-hybridized carbons (Fsp3) is 0.524. The van der Waals surface area contributed by atoms with E-state index in [1.165, 1.54) is 29.5 Å². The number of rotatable bonds is 10. The standard InChI is InChI=1S/C21H28ClN5O2S/c1-4-5-6-7-12-26-17(15-8-10-16(22)11-9-15)24-25-20(26)30-14-13-27-18(28)21(2,3)23-19(27)29/h8-11H,4-7,12-14H2,1-3H3,(H,23,29). The Labute approximate surface area is 186 Å². The minimum atomic E-state index is -0.844. The van der Waals surface area contributed by atoms with Crippen molar-refractivity contribution in [3.63, 3.8) is 0 Å². The molecule has 2 heterocycles. The Morgan fingerprint density at radius 3 is 2.43 bits per heavy atom. The molecule has 7 nitrogen and oxygen atoms in total. The Kier molecular flexibility index (Phi) is 7.41. The summed E-state index contributed by atoms with van der Waals surface area (Å²) in [5, 5.41) is 13.0. The maximum absolute atomic E-state index is 12.4. The van der Waals surface area contributed by atoms with Gasteiger partial charge in [0.25, 0.3) is 5.91 Å². The van der Waals surface area contributed by atoms with Crippen LogP contribution in [0.25, 0.3) is 11.4 Å². The van der Waals surface area contributed by atoms with Crippen LogP contribution < -0.4 is 5.32 Å². The number of urea groups is 1. The second kappa shape index (κ2) is 9.83. The number of carbonyl (C=O) groups is 2. The number of nitrogens with one attached hydrogen (secondary N) is 1. The zero-order valence-electron chi connectivity index (χ0n) is 17.7. The topological polar surface area (TPSA) is 80.1 Å². The molecule has 30 heavy (non-hydrogen) atoms. The number of thioether (sulfide) groups is 1. The fourth-order valence-electron chi connectivity index (χ4n) is 3.36. The van der Waals surface area contributed by atoms with E-state index in [1.54, 1.807) is 13.8 Å². The van der Waals surface area contributed by atoms with E-state index in [-0.39, 0.29) is 11.9 Å². The van der Waals surface area contributed by atoms with Crippen LogP contribution in [0.2, 0.25) is 5.02 Å². The number of imide groups is 1. The quantitative estimate of drug-likeness (QED) is 0.325. The van der Waals surface area contributed by atoms with Crippen LogP contribution in [0.15, 0.2) is 29.4 Å². The predicted molar refractivity (Wildman–Crippen MR) is 120 cm³/mol. The van der Waals surface area contributed by atoms with E-state index in [4.69, 9.17) is 11.6 Å². The molecule has 0 radical (unpaired) electrons. The third-order valence-corrected chi connectivity index (χ3v) is 6.24. The van der Waals surface area contributed by atoms with Gasteiger partial charge >= 0.3 is 6.03 Å². The van der Waals surface area contributed by atoms with Gasteiger partial charge in [0.05, 0.1) is 0 Å². The Morgan fingerprint density at radius 2 is 1.80 bits per heavy atom.